The molecule has 104 valence electrons. The second-order valence-electron chi connectivity index (χ2n) is 3.27. The van der Waals surface area contributed by atoms with Crippen LogP contribution in [0.15, 0.2) is 21.1 Å². The van der Waals surface area contributed by atoms with E-state index in [-0.39, 0.29) is 27.8 Å². The second-order valence-corrected chi connectivity index (χ2v) is 5.68. The van der Waals surface area contributed by atoms with Gasteiger partial charge < -0.3 is 4.74 Å². The van der Waals surface area contributed by atoms with Crippen LogP contribution in [0.25, 0.3) is 0 Å². The van der Waals surface area contributed by atoms with Crippen molar-refractivity contribution < 1.29 is 9.66 Å². The molecular weight excluding hydrogens is 443 g/mol. The van der Waals surface area contributed by atoms with Crippen molar-refractivity contribution >= 4 is 60.7 Å². The molecule has 0 atom stereocenters. The number of nitro benzene ring substituents is 1. The van der Waals surface area contributed by atoms with Gasteiger partial charge in [0.1, 0.15) is 0 Å². The van der Waals surface area contributed by atoms with Gasteiger partial charge in [-0.05, 0) is 43.5 Å². The Morgan fingerprint density at radius 1 is 1.20 bits per heavy atom. The molecule has 2 rings (SSSR count). The van der Waals surface area contributed by atoms with E-state index >= 15 is 0 Å². The Morgan fingerprint density at radius 3 is 2.35 bits per heavy atom. The summed E-state index contributed by atoms with van der Waals surface area (Å²) in [6.07, 6.45) is 0. The van der Waals surface area contributed by atoms with Crippen molar-refractivity contribution in [2.24, 2.45) is 0 Å². The van der Waals surface area contributed by atoms with Crippen LogP contribution in [0.4, 0.5) is 5.69 Å². The van der Waals surface area contributed by atoms with E-state index in [0.29, 0.717) is 8.95 Å². The molecule has 0 aliphatic heterocycles. The molecule has 0 saturated heterocycles. The van der Waals surface area contributed by atoms with Gasteiger partial charge in [-0.25, -0.2) is 0 Å². The van der Waals surface area contributed by atoms with Gasteiger partial charge in [0.05, 0.1) is 13.9 Å². The third-order valence-corrected chi connectivity index (χ3v) is 3.56. The summed E-state index contributed by atoms with van der Waals surface area (Å²) in [6.45, 7) is 0. The van der Waals surface area contributed by atoms with E-state index in [9.17, 15) is 10.1 Å². The molecule has 0 unspecified atom stereocenters. The number of non-ortho nitro benzene ring substituents is 1. The Hall–Kier alpha value is -1.03. The molecule has 0 fully saturated rings. The lowest BCUT2D eigenvalue weighted by atomic mass is 10.3. The zero-order chi connectivity index (χ0) is 14.9. The summed E-state index contributed by atoms with van der Waals surface area (Å²) in [6, 6.07) is 2.56. The SMILES string of the molecule is O=[N+]([O-])c1cc(Br)c(Oc2nc(Cl)nnc2Cl)c(Br)c1. The minimum absolute atomic E-state index is 0.0677. The summed E-state index contributed by atoms with van der Waals surface area (Å²) in [7, 11) is 0. The Kier molecular flexibility index (Phi) is 4.74. The predicted octanol–water partition coefficient (Wildman–Crippen LogP) is 4.40. The van der Waals surface area contributed by atoms with E-state index in [1.54, 1.807) is 0 Å². The number of rotatable bonds is 3. The zero-order valence-electron chi connectivity index (χ0n) is 9.18. The summed E-state index contributed by atoms with van der Waals surface area (Å²) in [4.78, 5) is 14.0. The summed E-state index contributed by atoms with van der Waals surface area (Å²) in [5.41, 5.74) is -0.110. The van der Waals surface area contributed by atoms with Crippen LogP contribution in [-0.4, -0.2) is 20.1 Å². The molecule has 0 saturated carbocycles. The molecule has 0 spiro atoms. The fourth-order valence-electron chi connectivity index (χ4n) is 1.19. The number of hydrogen-bond donors (Lipinski definition) is 0. The number of nitrogens with zero attached hydrogens (tertiary/aromatic N) is 4. The van der Waals surface area contributed by atoms with Crippen LogP contribution in [0, 0.1) is 10.1 Å². The lowest BCUT2D eigenvalue weighted by Crippen LogP contribution is -1.97. The highest BCUT2D eigenvalue weighted by molar-refractivity contribution is 9.11. The number of ether oxygens (including phenoxy) is 1. The number of aromatic nitrogens is 3. The van der Waals surface area contributed by atoms with Crippen molar-refractivity contribution in [3.8, 4) is 11.6 Å². The van der Waals surface area contributed by atoms with Crippen molar-refractivity contribution in [2.45, 2.75) is 0 Å². The average Bonchev–Trinajstić information content (AvgIpc) is 2.37. The topological polar surface area (TPSA) is 91.0 Å². The molecule has 7 nitrogen and oxygen atoms in total. The van der Waals surface area contributed by atoms with E-state index in [1.807, 2.05) is 0 Å². The van der Waals surface area contributed by atoms with Crippen molar-refractivity contribution in [1.29, 1.82) is 0 Å². The Morgan fingerprint density at radius 2 is 1.80 bits per heavy atom. The molecular formula is C9H2Br2Cl2N4O3. The van der Waals surface area contributed by atoms with Gasteiger partial charge in [0.2, 0.25) is 10.4 Å². The lowest BCUT2D eigenvalue weighted by Gasteiger charge is -2.09. The van der Waals surface area contributed by atoms with Gasteiger partial charge in [0.25, 0.3) is 11.6 Å². The van der Waals surface area contributed by atoms with Crippen LogP contribution in [0.5, 0.6) is 11.6 Å². The van der Waals surface area contributed by atoms with E-state index in [1.165, 1.54) is 12.1 Å². The Labute approximate surface area is 138 Å². The monoisotopic (exact) mass is 442 g/mol. The molecule has 0 radical (unpaired) electrons. The maximum absolute atomic E-state index is 10.7. The maximum Gasteiger partial charge on any atom is 0.271 e. The zero-order valence-corrected chi connectivity index (χ0v) is 13.9. The fraction of sp³-hybridized carbons (Fsp3) is 0. The van der Waals surface area contributed by atoms with Gasteiger partial charge in [-0.2, -0.15) is 4.98 Å². The molecule has 1 aromatic heterocycles. The smallest absolute Gasteiger partial charge is 0.271 e. The Balaban J connectivity index is 2.44. The van der Waals surface area contributed by atoms with Crippen LogP contribution >= 0.6 is 55.1 Å². The molecule has 11 heteroatoms. The van der Waals surface area contributed by atoms with Gasteiger partial charge in [0.15, 0.2) is 5.75 Å². The van der Waals surface area contributed by atoms with Crippen molar-refractivity contribution in [3.63, 3.8) is 0 Å². The molecule has 0 bridgehead atoms. The number of benzene rings is 1. The summed E-state index contributed by atoms with van der Waals surface area (Å²) < 4.78 is 6.11. The van der Waals surface area contributed by atoms with E-state index in [2.05, 4.69) is 47.0 Å². The third-order valence-electron chi connectivity index (χ3n) is 1.98. The van der Waals surface area contributed by atoms with E-state index in [0.717, 1.165) is 0 Å². The molecule has 0 aliphatic rings. The van der Waals surface area contributed by atoms with Crippen LogP contribution in [-0.2, 0) is 0 Å². The first-order valence-electron chi connectivity index (χ1n) is 4.75. The summed E-state index contributed by atoms with van der Waals surface area (Å²) >= 11 is 17.7. The van der Waals surface area contributed by atoms with Gasteiger partial charge in [-0.15, -0.1) is 10.2 Å². The highest BCUT2D eigenvalue weighted by Crippen LogP contribution is 2.40. The van der Waals surface area contributed by atoms with Gasteiger partial charge in [-0.3, -0.25) is 10.1 Å². The van der Waals surface area contributed by atoms with Gasteiger partial charge in [-0.1, -0.05) is 11.6 Å². The maximum atomic E-state index is 10.7. The first-order valence-corrected chi connectivity index (χ1v) is 7.09. The van der Waals surface area contributed by atoms with Crippen LogP contribution in [0.1, 0.15) is 0 Å². The number of nitro groups is 1. The third kappa shape index (κ3) is 3.35. The highest BCUT2D eigenvalue weighted by Gasteiger charge is 2.18. The Bertz CT molecular complexity index is 678. The lowest BCUT2D eigenvalue weighted by molar-refractivity contribution is -0.385. The quantitative estimate of drug-likeness (QED) is 0.514. The fourth-order valence-corrected chi connectivity index (χ4v) is 2.75. The van der Waals surface area contributed by atoms with Crippen molar-refractivity contribution in [3.05, 3.63) is 41.6 Å². The molecule has 1 heterocycles. The predicted molar refractivity (Wildman–Crippen MR) is 78.4 cm³/mol. The second kappa shape index (κ2) is 6.17. The molecule has 1 aromatic carbocycles. The van der Waals surface area contributed by atoms with E-state index in [4.69, 9.17) is 27.9 Å². The normalized spacial score (nSPS) is 10.4. The first kappa shape index (κ1) is 15.4. The number of hydrogen-bond acceptors (Lipinski definition) is 6. The minimum atomic E-state index is -0.532. The van der Waals surface area contributed by atoms with Gasteiger partial charge in [0, 0.05) is 12.1 Å². The largest absolute Gasteiger partial charge is 0.434 e. The molecule has 0 amide bonds. The molecule has 2 aromatic rings. The first-order chi connectivity index (χ1) is 9.38. The molecule has 0 aliphatic carbocycles. The minimum Gasteiger partial charge on any atom is -0.434 e. The molecule has 0 N–H and O–H groups in total. The van der Waals surface area contributed by atoms with Crippen molar-refractivity contribution in [2.75, 3.05) is 0 Å². The van der Waals surface area contributed by atoms with Gasteiger partial charge >= 0.3 is 0 Å². The highest BCUT2D eigenvalue weighted by atomic mass is 79.9. The van der Waals surface area contributed by atoms with Crippen LogP contribution in [0.2, 0.25) is 10.4 Å². The average molecular weight is 445 g/mol. The van der Waals surface area contributed by atoms with Crippen LogP contribution < -0.4 is 4.74 Å². The summed E-state index contributed by atoms with van der Waals surface area (Å²) in [5.74, 6) is 0.177. The standard InChI is InChI=1S/C9H2Br2Cl2N4O3/c10-4-1-3(17(18)19)2-5(11)6(4)20-8-7(12)15-16-9(13)14-8/h1-2H. The number of halogens is 4. The molecule has 20 heavy (non-hydrogen) atoms. The van der Waals surface area contributed by atoms with Crippen molar-refractivity contribution in [1.82, 2.24) is 15.2 Å². The van der Waals surface area contributed by atoms with Crippen LogP contribution in [0.3, 0.4) is 0 Å². The summed E-state index contributed by atoms with van der Waals surface area (Å²) in [5, 5.41) is 17.5. The van der Waals surface area contributed by atoms with E-state index < -0.39 is 4.92 Å².